The molecule has 2 aliphatic rings. The van der Waals surface area contributed by atoms with Crippen molar-refractivity contribution in [2.45, 2.75) is 65.0 Å². The van der Waals surface area contributed by atoms with Crippen molar-refractivity contribution in [1.29, 1.82) is 0 Å². The second kappa shape index (κ2) is 8.14. The van der Waals surface area contributed by atoms with Crippen molar-refractivity contribution >= 4 is 5.97 Å². The molecule has 1 saturated heterocycles. The molecule has 0 spiro atoms. The molecule has 0 bridgehead atoms. The first-order valence-electron chi connectivity index (χ1n) is 8.74. The van der Waals surface area contributed by atoms with Crippen molar-refractivity contribution in [3.05, 3.63) is 0 Å². The maximum atomic E-state index is 11.9. The van der Waals surface area contributed by atoms with Crippen molar-refractivity contribution in [1.82, 2.24) is 10.2 Å². The molecule has 1 N–H and O–H groups in total. The summed E-state index contributed by atoms with van der Waals surface area (Å²) in [5.74, 6) is 0.901. The Kier molecular flexibility index (Phi) is 6.49. The molecule has 0 aromatic rings. The minimum atomic E-state index is 0.0100. The molecule has 4 nitrogen and oxygen atoms in total. The highest BCUT2D eigenvalue weighted by Gasteiger charge is 2.29. The number of hydrogen-bond donors (Lipinski definition) is 1. The molecule has 0 aromatic carbocycles. The summed E-state index contributed by atoms with van der Waals surface area (Å²) in [4.78, 5) is 14.4. The van der Waals surface area contributed by atoms with Crippen molar-refractivity contribution in [3.8, 4) is 0 Å². The van der Waals surface area contributed by atoms with Gasteiger partial charge in [-0.05, 0) is 65.5 Å². The van der Waals surface area contributed by atoms with Gasteiger partial charge in [-0.1, -0.05) is 6.42 Å². The van der Waals surface area contributed by atoms with E-state index in [1.807, 2.05) is 6.92 Å². The van der Waals surface area contributed by atoms with Gasteiger partial charge in [0.05, 0.1) is 12.5 Å². The molecule has 1 heterocycles. The number of likely N-dealkylation sites (tertiary alicyclic amines) is 1. The number of carbonyl (C=O) groups is 1. The van der Waals surface area contributed by atoms with Crippen molar-refractivity contribution in [2.24, 2.45) is 11.8 Å². The summed E-state index contributed by atoms with van der Waals surface area (Å²) in [6, 6.07) is 1.17. The Labute approximate surface area is 129 Å². The van der Waals surface area contributed by atoms with Gasteiger partial charge in [-0.15, -0.1) is 0 Å². The van der Waals surface area contributed by atoms with E-state index in [1.54, 1.807) is 0 Å². The van der Waals surface area contributed by atoms with E-state index in [0.29, 0.717) is 18.7 Å². The van der Waals surface area contributed by atoms with Gasteiger partial charge in [0.15, 0.2) is 0 Å². The van der Waals surface area contributed by atoms with Gasteiger partial charge in [-0.3, -0.25) is 4.79 Å². The summed E-state index contributed by atoms with van der Waals surface area (Å²) in [5.41, 5.74) is 0. The Morgan fingerprint density at radius 3 is 2.81 bits per heavy atom. The van der Waals surface area contributed by atoms with Gasteiger partial charge in [0.1, 0.15) is 0 Å². The molecule has 2 fully saturated rings. The standard InChI is InChI=1S/C17H32N2O2/c1-4-21-17(20)15-6-5-7-16(10-15)18-11-14-8-9-19(12-14)13(2)3/h13-16,18H,4-12H2,1-3H3. The van der Waals surface area contributed by atoms with E-state index in [-0.39, 0.29) is 11.9 Å². The average molecular weight is 296 g/mol. The van der Waals surface area contributed by atoms with Crippen LogP contribution in [0.3, 0.4) is 0 Å². The lowest BCUT2D eigenvalue weighted by Gasteiger charge is -2.29. The van der Waals surface area contributed by atoms with Crippen LogP contribution in [0.5, 0.6) is 0 Å². The highest BCUT2D eigenvalue weighted by Crippen LogP contribution is 2.26. The first kappa shape index (κ1) is 16.8. The quantitative estimate of drug-likeness (QED) is 0.764. The Bertz CT molecular complexity index is 333. The summed E-state index contributed by atoms with van der Waals surface area (Å²) in [7, 11) is 0. The zero-order chi connectivity index (χ0) is 15.2. The fourth-order valence-electron chi connectivity index (χ4n) is 3.68. The van der Waals surface area contributed by atoms with Gasteiger partial charge in [-0.2, -0.15) is 0 Å². The van der Waals surface area contributed by atoms with E-state index in [0.717, 1.165) is 31.7 Å². The topological polar surface area (TPSA) is 41.6 Å². The van der Waals surface area contributed by atoms with Crippen LogP contribution >= 0.6 is 0 Å². The van der Waals surface area contributed by atoms with E-state index in [1.165, 1.54) is 25.9 Å². The summed E-state index contributed by atoms with van der Waals surface area (Å²) >= 11 is 0. The molecule has 0 radical (unpaired) electrons. The third-order valence-corrected chi connectivity index (χ3v) is 5.04. The number of nitrogens with zero attached hydrogens (tertiary/aromatic N) is 1. The molecule has 4 heteroatoms. The molecule has 1 saturated carbocycles. The molecule has 0 amide bonds. The number of nitrogens with one attached hydrogen (secondary N) is 1. The van der Waals surface area contributed by atoms with Crippen LogP contribution in [0.25, 0.3) is 0 Å². The van der Waals surface area contributed by atoms with E-state index in [4.69, 9.17) is 4.74 Å². The second-order valence-electron chi connectivity index (χ2n) is 6.96. The molecule has 1 aliphatic heterocycles. The van der Waals surface area contributed by atoms with Crippen molar-refractivity contribution in [3.63, 3.8) is 0 Å². The fraction of sp³-hybridized carbons (Fsp3) is 0.941. The Morgan fingerprint density at radius 1 is 1.33 bits per heavy atom. The molecule has 0 aromatic heterocycles. The van der Waals surface area contributed by atoms with Crippen molar-refractivity contribution in [2.75, 3.05) is 26.2 Å². The van der Waals surface area contributed by atoms with Crippen LogP contribution < -0.4 is 5.32 Å². The largest absolute Gasteiger partial charge is 0.466 e. The fourth-order valence-corrected chi connectivity index (χ4v) is 3.68. The van der Waals surface area contributed by atoms with E-state index in [9.17, 15) is 4.79 Å². The molecule has 3 atom stereocenters. The minimum absolute atomic E-state index is 0.0100. The second-order valence-corrected chi connectivity index (χ2v) is 6.96. The monoisotopic (exact) mass is 296 g/mol. The van der Waals surface area contributed by atoms with Crippen LogP contribution in [-0.4, -0.2) is 49.2 Å². The predicted octanol–water partition coefficient (Wildman–Crippen LogP) is 2.43. The predicted molar refractivity (Wildman–Crippen MR) is 85.2 cm³/mol. The molecular formula is C17H32N2O2. The first-order chi connectivity index (χ1) is 10.1. The lowest BCUT2D eigenvalue weighted by molar-refractivity contribution is -0.149. The van der Waals surface area contributed by atoms with Crippen LogP contribution in [0, 0.1) is 11.8 Å². The van der Waals surface area contributed by atoms with Gasteiger partial charge < -0.3 is 15.0 Å². The summed E-state index contributed by atoms with van der Waals surface area (Å²) in [6.45, 7) is 10.5. The number of rotatable bonds is 6. The van der Waals surface area contributed by atoms with Gasteiger partial charge in [0, 0.05) is 18.6 Å². The van der Waals surface area contributed by atoms with Crippen LogP contribution in [0.4, 0.5) is 0 Å². The average Bonchev–Trinajstić information content (AvgIpc) is 2.95. The number of esters is 1. The molecule has 21 heavy (non-hydrogen) atoms. The highest BCUT2D eigenvalue weighted by atomic mass is 16.5. The molecule has 122 valence electrons. The van der Waals surface area contributed by atoms with Crippen LogP contribution in [-0.2, 0) is 9.53 Å². The lowest BCUT2D eigenvalue weighted by atomic mass is 9.85. The number of hydrogen-bond acceptors (Lipinski definition) is 4. The Hall–Kier alpha value is -0.610. The summed E-state index contributed by atoms with van der Waals surface area (Å²) < 4.78 is 5.17. The highest BCUT2D eigenvalue weighted by molar-refractivity contribution is 5.72. The van der Waals surface area contributed by atoms with Crippen LogP contribution in [0.1, 0.15) is 52.9 Å². The minimum Gasteiger partial charge on any atom is -0.466 e. The molecular weight excluding hydrogens is 264 g/mol. The van der Waals surface area contributed by atoms with Crippen molar-refractivity contribution < 1.29 is 9.53 Å². The third-order valence-electron chi connectivity index (χ3n) is 5.04. The maximum absolute atomic E-state index is 11.9. The normalized spacial score (nSPS) is 30.8. The van der Waals surface area contributed by atoms with Gasteiger partial charge in [0.25, 0.3) is 0 Å². The number of carbonyl (C=O) groups excluding carboxylic acids is 1. The Morgan fingerprint density at radius 2 is 2.14 bits per heavy atom. The smallest absolute Gasteiger partial charge is 0.308 e. The Balaban J connectivity index is 1.70. The van der Waals surface area contributed by atoms with Crippen LogP contribution in [0.15, 0.2) is 0 Å². The van der Waals surface area contributed by atoms with Gasteiger partial charge in [-0.25, -0.2) is 0 Å². The first-order valence-corrected chi connectivity index (χ1v) is 8.74. The zero-order valence-corrected chi connectivity index (χ0v) is 13.9. The maximum Gasteiger partial charge on any atom is 0.308 e. The van der Waals surface area contributed by atoms with E-state index in [2.05, 4.69) is 24.1 Å². The SMILES string of the molecule is CCOC(=O)C1CCCC(NCC2CCN(C(C)C)C2)C1. The molecule has 3 unspecified atom stereocenters. The van der Waals surface area contributed by atoms with Gasteiger partial charge in [0.2, 0.25) is 0 Å². The van der Waals surface area contributed by atoms with Crippen LogP contribution in [0.2, 0.25) is 0 Å². The molecule has 2 rings (SSSR count). The van der Waals surface area contributed by atoms with Gasteiger partial charge >= 0.3 is 5.97 Å². The van der Waals surface area contributed by atoms with E-state index >= 15 is 0 Å². The van der Waals surface area contributed by atoms with E-state index < -0.39 is 0 Å². The number of ether oxygens (including phenoxy) is 1. The summed E-state index contributed by atoms with van der Waals surface area (Å²) in [5, 5.41) is 3.72. The third kappa shape index (κ3) is 4.96. The summed E-state index contributed by atoms with van der Waals surface area (Å²) in [6.07, 6.45) is 5.61. The lowest BCUT2D eigenvalue weighted by Crippen LogP contribution is -2.40. The zero-order valence-electron chi connectivity index (χ0n) is 13.9. The molecule has 1 aliphatic carbocycles.